The second kappa shape index (κ2) is 2.79. The maximum atomic E-state index is 9.84. The number of carbonyl (C=O) groups is 1. The molecule has 0 unspecified atom stereocenters. The van der Waals surface area contributed by atoms with E-state index in [4.69, 9.17) is 15.7 Å². The van der Waals surface area contributed by atoms with Crippen molar-refractivity contribution in [3.8, 4) is 6.19 Å². The zero-order valence-corrected chi connectivity index (χ0v) is 3.70. The summed E-state index contributed by atoms with van der Waals surface area (Å²) in [4.78, 5) is 9.84. The highest BCUT2D eigenvalue weighted by atomic mass is 16.8. The first-order valence-corrected chi connectivity index (χ1v) is 1.55. The van der Waals surface area contributed by atoms with Crippen LogP contribution in [0.2, 0.25) is 0 Å². The Kier molecular flexibility index (Phi) is 2.33. The van der Waals surface area contributed by atoms with E-state index in [0.717, 1.165) is 0 Å². The van der Waals surface area contributed by atoms with Gasteiger partial charge in [0.25, 0.3) is 0 Å². The number of nitrogens with zero attached hydrogens (tertiary/aromatic N) is 2. The van der Waals surface area contributed by atoms with Gasteiger partial charge in [0, 0.05) is 0 Å². The smallest absolute Gasteiger partial charge is 0.260 e. The molecule has 0 fully saturated rings. The van der Waals surface area contributed by atoms with Crippen LogP contribution in [-0.4, -0.2) is 21.7 Å². The number of hydroxylamine groups is 2. The maximum absolute atomic E-state index is 9.84. The van der Waals surface area contributed by atoms with Crippen molar-refractivity contribution in [2.75, 3.05) is 0 Å². The van der Waals surface area contributed by atoms with Crippen molar-refractivity contribution < 1.29 is 15.2 Å². The standard InChI is InChI=1S/C2H3N3O3/c3-1-4-2(6)5(7)8/h7-8H,(H,4,6). The van der Waals surface area contributed by atoms with E-state index in [1.807, 2.05) is 0 Å². The van der Waals surface area contributed by atoms with Gasteiger partial charge in [-0.05, 0) is 0 Å². The minimum absolute atomic E-state index is 0.719. The largest absolute Gasteiger partial charge is 0.379 e. The quantitative estimate of drug-likeness (QED) is 0.168. The Morgan fingerprint density at radius 1 is 1.75 bits per heavy atom. The second-order valence-electron chi connectivity index (χ2n) is 0.831. The van der Waals surface area contributed by atoms with Crippen LogP contribution in [0.3, 0.4) is 0 Å². The summed E-state index contributed by atoms with van der Waals surface area (Å²) in [7, 11) is 0. The van der Waals surface area contributed by atoms with Crippen LogP contribution < -0.4 is 5.32 Å². The zero-order chi connectivity index (χ0) is 6.57. The van der Waals surface area contributed by atoms with Crippen molar-refractivity contribution in [3.05, 3.63) is 0 Å². The molecule has 0 bridgehead atoms. The fourth-order valence-corrected chi connectivity index (χ4v) is 0.0978. The predicted octanol–water partition coefficient (Wildman–Crippen LogP) is -0.743. The van der Waals surface area contributed by atoms with E-state index in [-0.39, 0.29) is 0 Å². The summed E-state index contributed by atoms with van der Waals surface area (Å²) >= 11 is 0. The van der Waals surface area contributed by atoms with Crippen molar-refractivity contribution in [1.82, 2.24) is 10.5 Å². The van der Waals surface area contributed by atoms with Crippen LogP contribution in [0.4, 0.5) is 4.79 Å². The van der Waals surface area contributed by atoms with Gasteiger partial charge in [-0.1, -0.05) is 5.23 Å². The lowest BCUT2D eigenvalue weighted by Crippen LogP contribution is -2.32. The topological polar surface area (TPSA) is 96.6 Å². The lowest BCUT2D eigenvalue weighted by molar-refractivity contribution is -0.257. The van der Waals surface area contributed by atoms with Crippen molar-refractivity contribution in [2.24, 2.45) is 0 Å². The number of nitriles is 1. The molecule has 0 atom stereocenters. The first-order valence-electron chi connectivity index (χ1n) is 1.55. The molecular weight excluding hydrogens is 114 g/mol. The van der Waals surface area contributed by atoms with Gasteiger partial charge in [-0.2, -0.15) is 5.26 Å². The van der Waals surface area contributed by atoms with Gasteiger partial charge in [0.05, 0.1) is 0 Å². The van der Waals surface area contributed by atoms with E-state index >= 15 is 0 Å². The van der Waals surface area contributed by atoms with Gasteiger partial charge >= 0.3 is 6.03 Å². The van der Waals surface area contributed by atoms with Crippen LogP contribution in [0.1, 0.15) is 0 Å². The maximum Gasteiger partial charge on any atom is 0.379 e. The van der Waals surface area contributed by atoms with Crippen LogP contribution in [-0.2, 0) is 0 Å². The number of nitrogens with one attached hydrogen (secondary N) is 1. The summed E-state index contributed by atoms with van der Waals surface area (Å²) in [6, 6.07) is -1.28. The third kappa shape index (κ3) is 1.96. The summed E-state index contributed by atoms with van der Waals surface area (Å²) in [5.41, 5.74) is 0. The van der Waals surface area contributed by atoms with Crippen LogP contribution in [0.25, 0.3) is 0 Å². The minimum atomic E-state index is -1.28. The molecule has 0 aliphatic rings. The Hall–Kier alpha value is -1.32. The number of carbonyl (C=O) groups excluding carboxylic acids is 1. The molecule has 0 aliphatic carbocycles. The zero-order valence-electron chi connectivity index (χ0n) is 3.70. The van der Waals surface area contributed by atoms with Crippen LogP contribution >= 0.6 is 0 Å². The molecule has 0 aromatic rings. The Labute approximate surface area is 44.5 Å². The molecule has 6 nitrogen and oxygen atoms in total. The highest BCUT2D eigenvalue weighted by molar-refractivity contribution is 5.73. The van der Waals surface area contributed by atoms with Gasteiger partial charge < -0.3 is 0 Å². The van der Waals surface area contributed by atoms with Gasteiger partial charge in [-0.3, -0.25) is 10.4 Å². The normalized spacial score (nSPS) is 7.12. The van der Waals surface area contributed by atoms with Crippen molar-refractivity contribution in [3.63, 3.8) is 0 Å². The van der Waals surface area contributed by atoms with E-state index in [9.17, 15) is 4.79 Å². The van der Waals surface area contributed by atoms with E-state index in [2.05, 4.69) is 0 Å². The average Bonchev–Trinajstić information content (AvgIpc) is 1.67. The number of urea groups is 1. The Morgan fingerprint density at radius 3 is 2.38 bits per heavy atom. The van der Waals surface area contributed by atoms with Gasteiger partial charge in [-0.25, -0.2) is 10.1 Å². The van der Waals surface area contributed by atoms with Gasteiger partial charge in [0.15, 0.2) is 6.19 Å². The summed E-state index contributed by atoms with van der Waals surface area (Å²) in [5.74, 6) is 0. The fourth-order valence-electron chi connectivity index (χ4n) is 0.0978. The van der Waals surface area contributed by atoms with Crippen molar-refractivity contribution in [1.29, 1.82) is 5.26 Å². The van der Waals surface area contributed by atoms with Crippen molar-refractivity contribution >= 4 is 6.03 Å². The van der Waals surface area contributed by atoms with Gasteiger partial charge in [-0.15, -0.1) is 0 Å². The molecular formula is C2H3N3O3. The van der Waals surface area contributed by atoms with Crippen molar-refractivity contribution in [2.45, 2.75) is 0 Å². The third-order valence-corrected chi connectivity index (χ3v) is 0.344. The summed E-state index contributed by atoms with van der Waals surface area (Å²) in [6.45, 7) is 0. The molecule has 6 heteroatoms. The van der Waals surface area contributed by atoms with E-state index in [1.165, 1.54) is 11.5 Å². The van der Waals surface area contributed by atoms with E-state index < -0.39 is 11.3 Å². The number of hydrogen-bond acceptors (Lipinski definition) is 4. The summed E-state index contributed by atoms with van der Waals surface area (Å²) in [6.07, 6.45) is 1.19. The summed E-state index contributed by atoms with van der Waals surface area (Å²) < 4.78 is 0. The SMILES string of the molecule is N#CNC(=O)N(O)O. The first-order chi connectivity index (χ1) is 3.68. The van der Waals surface area contributed by atoms with Gasteiger partial charge in [0.1, 0.15) is 0 Å². The monoisotopic (exact) mass is 117 g/mol. The molecule has 0 radical (unpaired) electrons. The highest BCUT2D eigenvalue weighted by Gasteiger charge is 2.02. The molecule has 0 rings (SSSR count). The molecule has 2 amide bonds. The van der Waals surface area contributed by atoms with Crippen LogP contribution in [0, 0.1) is 11.5 Å². The number of amides is 2. The lowest BCUT2D eigenvalue weighted by atomic mass is 11.0. The Balaban J connectivity index is 3.53. The third-order valence-electron chi connectivity index (χ3n) is 0.344. The number of hydrogen-bond donors (Lipinski definition) is 3. The molecule has 44 valence electrons. The molecule has 0 spiro atoms. The molecule has 0 saturated carbocycles. The van der Waals surface area contributed by atoms with Crippen LogP contribution in [0.15, 0.2) is 0 Å². The number of rotatable bonds is 0. The molecule has 0 aromatic carbocycles. The lowest BCUT2D eigenvalue weighted by Gasteiger charge is -2.00. The fraction of sp³-hybridized carbons (Fsp3) is 0. The Morgan fingerprint density at radius 2 is 2.25 bits per heavy atom. The highest BCUT2D eigenvalue weighted by Crippen LogP contribution is 1.70. The van der Waals surface area contributed by atoms with E-state index in [1.54, 1.807) is 0 Å². The minimum Gasteiger partial charge on any atom is -0.260 e. The average molecular weight is 117 g/mol. The molecule has 0 aromatic heterocycles. The molecule has 0 saturated heterocycles. The van der Waals surface area contributed by atoms with Gasteiger partial charge in [0.2, 0.25) is 0 Å². The summed E-state index contributed by atoms with van der Waals surface area (Å²) in [5, 5.41) is 23.9. The predicted molar refractivity (Wildman–Crippen MR) is 19.6 cm³/mol. The first kappa shape index (κ1) is 6.68. The van der Waals surface area contributed by atoms with E-state index in [0.29, 0.717) is 0 Å². The second-order valence-corrected chi connectivity index (χ2v) is 0.831. The molecule has 3 N–H and O–H groups in total. The molecule has 0 heterocycles. The molecule has 8 heavy (non-hydrogen) atoms. The Bertz CT molecular complexity index is 125. The molecule has 0 aliphatic heterocycles. The van der Waals surface area contributed by atoms with Crippen LogP contribution in [0.5, 0.6) is 0 Å².